The normalized spacial score (nSPS) is 15.3. The lowest BCUT2D eigenvalue weighted by molar-refractivity contribution is -0.512. The molecule has 0 aromatic carbocycles. The lowest BCUT2D eigenvalue weighted by Crippen LogP contribution is -2.57. The van der Waals surface area contributed by atoms with E-state index < -0.39 is 99.3 Å². The molecule has 10 heterocycles. The molecule has 5 aromatic rings. The number of carbonyl (C=O) groups is 7. The van der Waals surface area contributed by atoms with E-state index in [-0.39, 0.29) is 54.6 Å². The molecule has 778 valence electrons. The number of aliphatic carboxylic acids is 1. The fourth-order valence-corrected chi connectivity index (χ4v) is 17.0. The summed E-state index contributed by atoms with van der Waals surface area (Å²) in [4.78, 5) is 94.2. The number of fused-ring (bicyclic) bond motifs is 2. The van der Waals surface area contributed by atoms with Crippen molar-refractivity contribution >= 4 is 141 Å². The van der Waals surface area contributed by atoms with Gasteiger partial charge >= 0.3 is 57.1 Å². The van der Waals surface area contributed by atoms with Gasteiger partial charge in [0, 0.05) is 165 Å². The molecule has 5 amide bonds. The second kappa shape index (κ2) is 52.2. The highest BCUT2D eigenvalue weighted by molar-refractivity contribution is 7.87. The maximum atomic E-state index is 12.6. The summed E-state index contributed by atoms with van der Waals surface area (Å²) in [6.45, 7) is 57.9. The number of hydrogen-bond acceptors (Lipinski definition) is 30. The first-order valence-corrected chi connectivity index (χ1v) is 50.5. The molecule has 0 aliphatic carbocycles. The number of anilines is 2. The smallest absolute Gasteiger partial charge is 0.474 e. The molecule has 5 aromatic heterocycles. The van der Waals surface area contributed by atoms with Gasteiger partial charge in [0.25, 0.3) is 20.4 Å². The van der Waals surface area contributed by atoms with E-state index in [0.29, 0.717) is 91.7 Å². The third kappa shape index (κ3) is 45.3. The van der Waals surface area contributed by atoms with Crippen molar-refractivity contribution in [1.82, 2.24) is 76.9 Å². The minimum Gasteiger partial charge on any atom is -0.542 e. The first kappa shape index (κ1) is 124. The van der Waals surface area contributed by atoms with Crippen molar-refractivity contribution < 1.29 is 113 Å². The predicted octanol–water partition coefficient (Wildman–Crippen LogP) is 8.05. The van der Waals surface area contributed by atoms with Crippen molar-refractivity contribution in [3.8, 4) is 0 Å². The van der Waals surface area contributed by atoms with Crippen molar-refractivity contribution in [2.75, 3.05) is 116 Å². The van der Waals surface area contributed by atoms with Crippen LogP contribution in [0.1, 0.15) is 184 Å². The number of aromatic nitrogens is 7. The predicted molar refractivity (Wildman–Crippen MR) is 511 cm³/mol. The molecule has 5 aliphatic rings. The Hall–Kier alpha value is -8.38. The third-order valence-corrected chi connectivity index (χ3v) is 24.4. The summed E-state index contributed by atoms with van der Waals surface area (Å²) < 4.78 is 164. The molecule has 136 heavy (non-hydrogen) atoms. The summed E-state index contributed by atoms with van der Waals surface area (Å²) >= 11 is 17.9. The number of amides is 5. The SMILES string of the molecule is CC(C)(C)OC(=O)N1CC(C=O)C1.CC(C)N.CC(C)N(CC1CN(C(=O)OC(C)(C)C)C1)S(=O)(=O)NC(=O)OC(C)(C)C.CC(C)N(CC1CNC1)S(N)(=O)=O.CC(C)NCC1CN(C(=O)OC(C)(C)C)C1.CN(C)c1cc[n+](S(=O)(=O)NC(=O)OC(C)(C)C)cc1.Cc1cc(Cl)n2ncnc(Cl)c12.Cc1cc(Cl)n2ncnc(N3CC(CN(C(C)C)S(N)(=O)=O)C3)c12.O=C([O-])C(F)(F)F. The Kier molecular flexibility index (Phi) is 47.5. The molecule has 0 spiro atoms. The summed E-state index contributed by atoms with van der Waals surface area (Å²) in [5.41, 5.74) is 6.60. The fourth-order valence-electron chi connectivity index (χ4n) is 12.0. The summed E-state index contributed by atoms with van der Waals surface area (Å²) in [6, 6.07) is 7.16. The number of likely N-dealkylation sites (tertiary alicyclic amines) is 3. The maximum absolute atomic E-state index is 12.6. The Labute approximate surface area is 814 Å². The summed E-state index contributed by atoms with van der Waals surface area (Å²) in [6.07, 6.45) is -1.72. The molecule has 10 N–H and O–H groups in total. The number of carboxylic acid groups (broad SMARTS) is 1. The Bertz CT molecular complexity index is 5180. The van der Waals surface area contributed by atoms with Crippen molar-refractivity contribution in [1.29, 1.82) is 0 Å². The number of halogens is 6. The van der Waals surface area contributed by atoms with E-state index >= 15 is 0 Å². The van der Waals surface area contributed by atoms with Gasteiger partial charge in [0.05, 0.1) is 5.92 Å². The van der Waals surface area contributed by atoms with Crippen LogP contribution in [0, 0.1) is 43.4 Å². The van der Waals surface area contributed by atoms with E-state index in [2.05, 4.69) is 49.5 Å². The minimum absolute atomic E-state index is 0.00696. The molecule has 5 fully saturated rings. The highest BCUT2D eigenvalue weighted by Crippen LogP contribution is 2.33. The van der Waals surface area contributed by atoms with Gasteiger partial charge in [-0.05, 0) is 194 Å². The number of nitrogens with zero attached hydrogens (tertiary/aromatic N) is 15. The summed E-state index contributed by atoms with van der Waals surface area (Å²) in [5.74, 6) is -1.00. The van der Waals surface area contributed by atoms with Gasteiger partial charge in [0.2, 0.25) is 0 Å². The first-order valence-electron chi connectivity index (χ1n) is 43.5. The highest BCUT2D eigenvalue weighted by atomic mass is 35.5. The minimum atomic E-state index is -5.19. The van der Waals surface area contributed by atoms with Gasteiger partial charge < -0.3 is 79.2 Å². The van der Waals surface area contributed by atoms with Gasteiger partial charge in [-0.3, -0.25) is 0 Å². The number of ether oxygens (including phenoxy) is 5. The molecular formula is C83H144Cl3F3N22O21S4. The zero-order chi connectivity index (χ0) is 105. The number of rotatable bonds is 21. The van der Waals surface area contributed by atoms with E-state index in [1.807, 2.05) is 131 Å². The standard InChI is InChI=1S/C17H33N3O6S.C14H21ClN6O2S.C12H19N3O4S.C12H24N2O2.C9H15NO3.C7H5Cl2N3.C7H17N3O2S.C3H9N.C2HF3O2/c1-12(2)20(27(23,24)18-14(21)25-16(3,4)5)11-13-9-19(10-13)15(22)26-17(6,7)8;1-9(2)20(24(16,22)23)7-11-5-19(6-11)14-13-10(3)4-12(15)21(13)18-8-17-14;1-12(2,3)19-11(16)13-20(17,18)15-8-6-10(7-9-15)14(4)5;1-9(2)13-6-10-7-14(8-10)11(15)16-12(3,4)5;1-9(2,3)13-8(12)10-4-7(5-10)6-11;1-4-2-5(8)12-6(4)7(9)10-3-11-12;1-6(2)10(13(8,11)12)5-7-3-9-4-7;1-3(2)4;3-2(4,5)1(6)7/h12-13H,9-11H2,1-8H3,(H,18,21);4,8-9,11H,5-7H2,1-3H3,(H2,16,22,23);6-9H,1-5H3;9-10,13H,6-8H2,1-5H3;6-7H,4-5H2,1-3H3;2-3H,1H3;6-7,9H,3-5H2,1-2H3,(H2,8,11,12);3H,4H2,1-2H3;(H,6,7). The second-order valence-corrected chi connectivity index (χ2v) is 46.5. The van der Waals surface area contributed by atoms with Gasteiger partial charge in [0.1, 0.15) is 74.3 Å². The van der Waals surface area contributed by atoms with Crippen molar-refractivity contribution in [2.45, 2.75) is 251 Å². The lowest BCUT2D eigenvalue weighted by Gasteiger charge is -2.42. The van der Waals surface area contributed by atoms with Crippen molar-refractivity contribution in [2.24, 2.45) is 45.6 Å². The molecule has 0 bridgehead atoms. The van der Waals surface area contributed by atoms with Crippen LogP contribution >= 0.6 is 34.8 Å². The number of aldehydes is 1. The van der Waals surface area contributed by atoms with Crippen molar-refractivity contribution in [3.63, 3.8) is 0 Å². The fraction of sp³-hybridized carbons (Fsp3) is 0.711. The largest absolute Gasteiger partial charge is 0.542 e. The van der Waals surface area contributed by atoms with Gasteiger partial charge in [-0.2, -0.15) is 66.3 Å². The molecule has 43 nitrogen and oxygen atoms in total. The summed E-state index contributed by atoms with van der Waals surface area (Å²) in [7, 11) is -11.6. The number of nitrogens with one attached hydrogen (secondary N) is 4. The molecule has 10 rings (SSSR count). The number of carbonyl (C=O) groups excluding carboxylic acids is 7. The summed E-state index contributed by atoms with van der Waals surface area (Å²) in [5, 5.41) is 35.3. The van der Waals surface area contributed by atoms with Gasteiger partial charge in [-0.15, -0.1) is 8.42 Å². The lowest BCUT2D eigenvalue weighted by atomic mass is 9.99. The van der Waals surface area contributed by atoms with E-state index in [4.69, 9.17) is 84.4 Å². The Morgan fingerprint density at radius 3 is 1.24 bits per heavy atom. The average Bonchev–Trinajstić information content (AvgIpc) is 1.52. The third-order valence-electron chi connectivity index (χ3n) is 18.3. The Morgan fingerprint density at radius 2 is 0.897 bits per heavy atom. The van der Waals surface area contributed by atoms with E-state index in [1.54, 1.807) is 108 Å². The maximum Gasteiger partial charge on any atom is 0.474 e. The number of pyridine rings is 1. The molecule has 0 saturated carbocycles. The van der Waals surface area contributed by atoms with E-state index in [9.17, 15) is 75.6 Å². The van der Waals surface area contributed by atoms with E-state index in [0.717, 1.165) is 76.6 Å². The second-order valence-electron chi connectivity index (χ2n) is 39.2. The quantitative estimate of drug-likeness (QED) is 0.0207. The highest BCUT2D eigenvalue weighted by Gasteiger charge is 2.41. The van der Waals surface area contributed by atoms with Gasteiger partial charge in [-0.25, -0.2) is 58.0 Å². The average molecular weight is 2080 g/mol. The Balaban J connectivity index is 0.000000535. The number of hydrogen-bond donors (Lipinski definition) is 7. The molecule has 0 radical (unpaired) electrons. The first-order chi connectivity index (χ1) is 61.7. The zero-order valence-corrected chi connectivity index (χ0v) is 88.8. The van der Waals surface area contributed by atoms with Gasteiger partial charge in [-0.1, -0.05) is 66.5 Å². The molecule has 53 heteroatoms. The number of carboxylic acids is 1. The van der Waals surface area contributed by atoms with E-state index in [1.165, 1.54) is 47.8 Å². The van der Waals surface area contributed by atoms with Gasteiger partial charge in [0.15, 0.2) is 23.4 Å². The van der Waals surface area contributed by atoms with Crippen LogP contribution in [0.15, 0.2) is 49.3 Å². The monoisotopic (exact) mass is 2070 g/mol. The van der Waals surface area contributed by atoms with Crippen LogP contribution in [0.2, 0.25) is 15.5 Å². The van der Waals surface area contributed by atoms with Crippen LogP contribution in [0.5, 0.6) is 0 Å². The zero-order valence-electron chi connectivity index (χ0n) is 83.3. The van der Waals surface area contributed by atoms with Crippen LogP contribution in [0.25, 0.3) is 11.0 Å². The van der Waals surface area contributed by atoms with Crippen LogP contribution in [0.3, 0.4) is 0 Å². The van der Waals surface area contributed by atoms with Crippen LogP contribution in [0.4, 0.5) is 48.6 Å². The van der Waals surface area contributed by atoms with Crippen LogP contribution in [-0.4, -0.2) is 303 Å². The topological polar surface area (TPSA) is 542 Å². The number of alkyl halides is 3. The molecule has 5 saturated heterocycles. The Morgan fingerprint density at radius 1 is 0.551 bits per heavy atom. The number of nitrogens with two attached hydrogens (primary N) is 3. The number of aryl methyl sites for hydroxylation is 2. The molecule has 0 unspecified atom stereocenters. The van der Waals surface area contributed by atoms with Crippen molar-refractivity contribution in [3.05, 3.63) is 75.9 Å². The van der Waals surface area contributed by atoms with Crippen LogP contribution < -0.4 is 55.0 Å². The molecule has 0 atom stereocenters. The van der Waals surface area contributed by atoms with Crippen LogP contribution in [-0.2, 0) is 74.1 Å². The molecule has 5 aliphatic heterocycles. The molecular weight excluding hydrogens is 1930 g/mol.